The first-order valence-electron chi connectivity index (χ1n) is 5.39. The Morgan fingerprint density at radius 3 is 2.81 bits per heavy atom. The summed E-state index contributed by atoms with van der Waals surface area (Å²) in [5.74, 6) is 0.781. The smallest absolute Gasteiger partial charge is 0.120 e. The molecular formula is C13H18ClNO. The summed E-state index contributed by atoms with van der Waals surface area (Å²) in [4.78, 5) is 0. The molecule has 0 radical (unpaired) electrons. The molecule has 0 fully saturated rings. The number of rotatable bonds is 5. The van der Waals surface area contributed by atoms with E-state index in [0.717, 1.165) is 35.7 Å². The SMILES string of the molecule is COc1ccc(/C(C)=C/CCCN)c(Cl)c1. The number of nitrogens with two attached hydrogens (primary N) is 1. The van der Waals surface area contributed by atoms with E-state index in [1.807, 2.05) is 18.2 Å². The van der Waals surface area contributed by atoms with Crippen LogP contribution < -0.4 is 10.5 Å². The maximum atomic E-state index is 6.17. The second-order valence-electron chi connectivity index (χ2n) is 3.66. The van der Waals surface area contributed by atoms with E-state index in [2.05, 4.69) is 13.0 Å². The van der Waals surface area contributed by atoms with Crippen molar-refractivity contribution in [1.29, 1.82) is 0 Å². The first kappa shape index (κ1) is 13.1. The fourth-order valence-corrected chi connectivity index (χ4v) is 1.81. The van der Waals surface area contributed by atoms with Crippen LogP contribution in [-0.2, 0) is 0 Å². The average Bonchev–Trinajstić information content (AvgIpc) is 2.29. The Morgan fingerprint density at radius 2 is 2.25 bits per heavy atom. The molecule has 1 rings (SSSR count). The van der Waals surface area contributed by atoms with Crippen LogP contribution in [0.2, 0.25) is 5.02 Å². The Kier molecular flexibility index (Phi) is 5.36. The Bertz CT molecular complexity index is 374. The number of ether oxygens (including phenoxy) is 1. The largest absolute Gasteiger partial charge is 0.497 e. The highest BCUT2D eigenvalue weighted by molar-refractivity contribution is 6.32. The quantitative estimate of drug-likeness (QED) is 0.799. The second-order valence-corrected chi connectivity index (χ2v) is 4.07. The van der Waals surface area contributed by atoms with E-state index < -0.39 is 0 Å². The van der Waals surface area contributed by atoms with Gasteiger partial charge in [0, 0.05) is 0 Å². The van der Waals surface area contributed by atoms with Crippen LogP contribution in [0.15, 0.2) is 24.3 Å². The highest BCUT2D eigenvalue weighted by Crippen LogP contribution is 2.27. The molecule has 0 unspecified atom stereocenters. The second kappa shape index (κ2) is 6.56. The summed E-state index contributed by atoms with van der Waals surface area (Å²) in [5.41, 5.74) is 7.69. The summed E-state index contributed by atoms with van der Waals surface area (Å²) in [5, 5.41) is 0.723. The maximum Gasteiger partial charge on any atom is 0.120 e. The number of allylic oxidation sites excluding steroid dienone is 2. The van der Waals surface area contributed by atoms with Crippen molar-refractivity contribution in [1.82, 2.24) is 0 Å². The van der Waals surface area contributed by atoms with E-state index in [-0.39, 0.29) is 0 Å². The fourth-order valence-electron chi connectivity index (χ4n) is 1.49. The van der Waals surface area contributed by atoms with Gasteiger partial charge in [-0.2, -0.15) is 0 Å². The molecule has 2 N–H and O–H groups in total. The van der Waals surface area contributed by atoms with Gasteiger partial charge in [0.05, 0.1) is 12.1 Å². The number of benzene rings is 1. The minimum atomic E-state index is 0.722. The molecule has 0 atom stereocenters. The predicted octanol–water partition coefficient (Wildman–Crippen LogP) is 3.49. The zero-order valence-electron chi connectivity index (χ0n) is 9.79. The van der Waals surface area contributed by atoms with Gasteiger partial charge < -0.3 is 10.5 Å². The minimum absolute atomic E-state index is 0.722. The third-order valence-corrected chi connectivity index (χ3v) is 2.77. The first-order chi connectivity index (χ1) is 7.69. The molecule has 0 bridgehead atoms. The molecule has 0 heterocycles. The molecule has 0 saturated heterocycles. The summed E-state index contributed by atoms with van der Waals surface area (Å²) in [6, 6.07) is 5.73. The number of hydrogen-bond donors (Lipinski definition) is 1. The van der Waals surface area contributed by atoms with Gasteiger partial charge in [-0.3, -0.25) is 0 Å². The number of methoxy groups -OCH3 is 1. The average molecular weight is 240 g/mol. The lowest BCUT2D eigenvalue weighted by molar-refractivity contribution is 0.415. The summed E-state index contributed by atoms with van der Waals surface area (Å²) >= 11 is 6.17. The van der Waals surface area contributed by atoms with Gasteiger partial charge in [0.2, 0.25) is 0 Å². The van der Waals surface area contributed by atoms with Gasteiger partial charge in [-0.1, -0.05) is 17.7 Å². The van der Waals surface area contributed by atoms with Crippen LogP contribution in [0.1, 0.15) is 25.3 Å². The topological polar surface area (TPSA) is 35.2 Å². The van der Waals surface area contributed by atoms with Crippen molar-refractivity contribution in [3.63, 3.8) is 0 Å². The monoisotopic (exact) mass is 239 g/mol. The van der Waals surface area contributed by atoms with Crippen molar-refractivity contribution in [3.05, 3.63) is 34.9 Å². The lowest BCUT2D eigenvalue weighted by Gasteiger charge is -2.07. The van der Waals surface area contributed by atoms with E-state index in [9.17, 15) is 0 Å². The lowest BCUT2D eigenvalue weighted by Crippen LogP contribution is -1.96. The van der Waals surface area contributed by atoms with Crippen LogP contribution in [0.5, 0.6) is 5.75 Å². The van der Waals surface area contributed by atoms with Gasteiger partial charge in [0.25, 0.3) is 0 Å². The van der Waals surface area contributed by atoms with Crippen molar-refractivity contribution in [3.8, 4) is 5.75 Å². The molecule has 16 heavy (non-hydrogen) atoms. The third-order valence-electron chi connectivity index (χ3n) is 2.46. The molecule has 0 spiro atoms. The molecule has 1 aromatic carbocycles. The molecule has 88 valence electrons. The fraction of sp³-hybridized carbons (Fsp3) is 0.385. The molecule has 0 aliphatic carbocycles. The highest BCUT2D eigenvalue weighted by atomic mass is 35.5. The van der Waals surface area contributed by atoms with Crippen LogP contribution in [0.25, 0.3) is 5.57 Å². The van der Waals surface area contributed by atoms with Gasteiger partial charge in [-0.15, -0.1) is 0 Å². The number of halogens is 1. The molecule has 0 aromatic heterocycles. The van der Waals surface area contributed by atoms with Crippen LogP contribution >= 0.6 is 11.6 Å². The Hall–Kier alpha value is -0.990. The standard InChI is InChI=1S/C13H18ClNO/c1-10(5-3-4-8-15)12-7-6-11(16-2)9-13(12)14/h5-7,9H,3-4,8,15H2,1-2H3/b10-5+. The zero-order valence-corrected chi connectivity index (χ0v) is 10.6. The Morgan fingerprint density at radius 1 is 1.50 bits per heavy atom. The van der Waals surface area contributed by atoms with Gasteiger partial charge in [-0.05, 0) is 55.6 Å². The molecule has 0 aliphatic heterocycles. The summed E-state index contributed by atoms with van der Waals surface area (Å²) < 4.78 is 5.11. The number of hydrogen-bond acceptors (Lipinski definition) is 2. The van der Waals surface area contributed by atoms with E-state index in [4.69, 9.17) is 22.1 Å². The van der Waals surface area contributed by atoms with Crippen LogP contribution in [0.4, 0.5) is 0 Å². The third kappa shape index (κ3) is 3.54. The summed E-state index contributed by atoms with van der Waals surface area (Å²) in [6.45, 7) is 2.78. The maximum absolute atomic E-state index is 6.17. The van der Waals surface area contributed by atoms with E-state index in [1.165, 1.54) is 5.57 Å². The van der Waals surface area contributed by atoms with E-state index in [1.54, 1.807) is 7.11 Å². The molecule has 0 aliphatic rings. The van der Waals surface area contributed by atoms with Gasteiger partial charge in [0.1, 0.15) is 5.75 Å². The van der Waals surface area contributed by atoms with Crippen molar-refractivity contribution in [2.24, 2.45) is 5.73 Å². The van der Waals surface area contributed by atoms with Gasteiger partial charge >= 0.3 is 0 Å². The Balaban J connectivity index is 2.83. The predicted molar refractivity (Wildman–Crippen MR) is 69.9 cm³/mol. The van der Waals surface area contributed by atoms with Crippen molar-refractivity contribution < 1.29 is 4.74 Å². The molecule has 3 heteroatoms. The molecule has 1 aromatic rings. The van der Waals surface area contributed by atoms with Gasteiger partial charge in [-0.25, -0.2) is 0 Å². The highest BCUT2D eigenvalue weighted by Gasteiger charge is 2.03. The molecule has 0 amide bonds. The van der Waals surface area contributed by atoms with Gasteiger partial charge in [0.15, 0.2) is 0 Å². The van der Waals surface area contributed by atoms with Crippen LogP contribution in [-0.4, -0.2) is 13.7 Å². The molecule has 2 nitrogen and oxygen atoms in total. The lowest BCUT2D eigenvalue weighted by atomic mass is 10.1. The zero-order chi connectivity index (χ0) is 12.0. The Labute approximate surface area is 102 Å². The van der Waals surface area contributed by atoms with Crippen molar-refractivity contribution in [2.45, 2.75) is 19.8 Å². The molecule has 0 saturated carbocycles. The minimum Gasteiger partial charge on any atom is -0.497 e. The molecular weight excluding hydrogens is 222 g/mol. The normalized spacial score (nSPS) is 11.6. The summed E-state index contributed by atoms with van der Waals surface area (Å²) in [7, 11) is 1.63. The van der Waals surface area contributed by atoms with Crippen LogP contribution in [0.3, 0.4) is 0 Å². The van der Waals surface area contributed by atoms with Crippen molar-refractivity contribution in [2.75, 3.05) is 13.7 Å². The first-order valence-corrected chi connectivity index (χ1v) is 5.77. The number of unbranched alkanes of at least 4 members (excludes halogenated alkanes) is 1. The van der Waals surface area contributed by atoms with Crippen molar-refractivity contribution >= 4 is 17.2 Å². The van der Waals surface area contributed by atoms with E-state index in [0.29, 0.717) is 0 Å². The van der Waals surface area contributed by atoms with E-state index >= 15 is 0 Å². The summed E-state index contributed by atoms with van der Waals surface area (Å²) in [6.07, 6.45) is 4.16. The van der Waals surface area contributed by atoms with Crippen LogP contribution in [0, 0.1) is 0 Å².